The van der Waals surface area contributed by atoms with E-state index in [2.05, 4.69) is 41.6 Å². The van der Waals surface area contributed by atoms with Crippen LogP contribution in [0.15, 0.2) is 18.3 Å². The van der Waals surface area contributed by atoms with Crippen LogP contribution in [0.5, 0.6) is 0 Å². The molecule has 2 N–H and O–H groups in total. The molecule has 49 heavy (non-hydrogen) atoms. The first-order valence-electron chi connectivity index (χ1n) is 19.4. The number of carbonyl (C=O) groups excluding carboxylic acids is 2. The predicted octanol–water partition coefficient (Wildman–Crippen LogP) is 7.06. The zero-order valence-electron chi connectivity index (χ0n) is 33.0. The molecule has 3 aliphatic heterocycles. The topological polar surface area (TPSA) is 112 Å². The molecule has 0 bridgehead atoms. The maximum absolute atomic E-state index is 12.9. The fourth-order valence-corrected chi connectivity index (χ4v) is 6.80. The average Bonchev–Trinajstić information content (AvgIpc) is 3.09. The van der Waals surface area contributed by atoms with Crippen molar-refractivity contribution in [2.45, 2.75) is 159 Å². The van der Waals surface area contributed by atoms with Crippen molar-refractivity contribution in [1.82, 2.24) is 14.8 Å². The lowest BCUT2D eigenvalue weighted by atomic mass is 9.85. The van der Waals surface area contributed by atoms with Crippen molar-refractivity contribution >= 4 is 11.8 Å². The molecule has 0 aliphatic carbocycles. The fraction of sp³-hybridized carbons (Fsp3) is 0.825. The standard InChI is InChI=1S/C28H45N3O4.C8H16O2.2C2H6/c1-5-14-31-18-21(2)17-24(32)10-11-26(33)28(3,4)27(34)35-20-23(31)9-7-15-30-16-12-22-8-6-13-29-25(22)19-30;1-5-4-6(2)10-8(9)7(5)3;2*1-2/h6,8,13,21,23-24,32H,5,7,9-12,14-20H2,1-4H3;5-9H,4H2,1-3H3;2*1-2H3/t21-,23-,24+;5-,6+,7+,8+;;/m10../s1. The molecule has 2 saturated heterocycles. The van der Waals surface area contributed by atoms with Crippen molar-refractivity contribution in [2.24, 2.45) is 23.2 Å². The highest BCUT2D eigenvalue weighted by atomic mass is 16.6. The minimum atomic E-state index is -1.19. The summed E-state index contributed by atoms with van der Waals surface area (Å²) in [7, 11) is 0. The van der Waals surface area contributed by atoms with Gasteiger partial charge in [0, 0.05) is 44.2 Å². The third kappa shape index (κ3) is 15.1. The second kappa shape index (κ2) is 23.5. The highest BCUT2D eigenvalue weighted by Gasteiger charge is 2.38. The van der Waals surface area contributed by atoms with Gasteiger partial charge in [-0.15, -0.1) is 0 Å². The van der Waals surface area contributed by atoms with Crippen LogP contribution in [0.2, 0.25) is 0 Å². The number of ether oxygens (including phenoxy) is 2. The Morgan fingerprint density at radius 3 is 2.35 bits per heavy atom. The summed E-state index contributed by atoms with van der Waals surface area (Å²) in [4.78, 5) is 35.1. The van der Waals surface area contributed by atoms with Crippen LogP contribution in [0.4, 0.5) is 0 Å². The van der Waals surface area contributed by atoms with E-state index in [4.69, 9.17) is 9.47 Å². The third-order valence-corrected chi connectivity index (χ3v) is 10.1. The van der Waals surface area contributed by atoms with E-state index in [0.29, 0.717) is 31.3 Å². The Morgan fingerprint density at radius 2 is 1.69 bits per heavy atom. The molecule has 7 atom stereocenters. The first kappa shape index (κ1) is 45.1. The molecule has 0 unspecified atom stereocenters. The van der Waals surface area contributed by atoms with E-state index in [1.165, 1.54) is 11.3 Å². The summed E-state index contributed by atoms with van der Waals surface area (Å²) in [6, 6.07) is 4.28. The van der Waals surface area contributed by atoms with Gasteiger partial charge in [0.1, 0.15) is 17.8 Å². The van der Waals surface area contributed by atoms with Crippen molar-refractivity contribution in [3.8, 4) is 0 Å². The first-order valence-corrected chi connectivity index (χ1v) is 19.4. The number of pyridine rings is 1. The summed E-state index contributed by atoms with van der Waals surface area (Å²) in [6.07, 6.45) is 7.32. The molecular weight excluding hydrogens is 618 g/mol. The van der Waals surface area contributed by atoms with Crippen LogP contribution in [0.25, 0.3) is 0 Å². The van der Waals surface area contributed by atoms with Crippen LogP contribution >= 0.6 is 0 Å². The number of hydrogen-bond acceptors (Lipinski definition) is 9. The summed E-state index contributed by atoms with van der Waals surface area (Å²) < 4.78 is 11.0. The summed E-state index contributed by atoms with van der Waals surface area (Å²) in [6.45, 7) is 26.8. The monoisotopic (exact) mass is 692 g/mol. The molecule has 3 aliphatic rings. The quantitative estimate of drug-likeness (QED) is 0.239. The summed E-state index contributed by atoms with van der Waals surface area (Å²) in [5.74, 6) is 0.553. The highest BCUT2D eigenvalue weighted by Crippen LogP contribution is 2.28. The van der Waals surface area contributed by atoms with E-state index in [-0.39, 0.29) is 30.3 Å². The molecule has 1 aromatic heterocycles. The van der Waals surface area contributed by atoms with Crippen LogP contribution in [0.3, 0.4) is 0 Å². The van der Waals surface area contributed by atoms with E-state index >= 15 is 0 Å². The van der Waals surface area contributed by atoms with Crippen molar-refractivity contribution in [1.29, 1.82) is 0 Å². The number of esters is 1. The molecule has 0 saturated carbocycles. The summed E-state index contributed by atoms with van der Waals surface area (Å²) >= 11 is 0. The Hall–Kier alpha value is -1.91. The van der Waals surface area contributed by atoms with Gasteiger partial charge in [0.05, 0.1) is 17.9 Å². The molecule has 0 radical (unpaired) electrons. The number of carbonyl (C=O) groups is 2. The second-order valence-electron chi connectivity index (χ2n) is 14.5. The lowest BCUT2D eigenvalue weighted by molar-refractivity contribution is -0.199. The maximum atomic E-state index is 12.9. The highest BCUT2D eigenvalue weighted by molar-refractivity contribution is 6.02. The zero-order valence-corrected chi connectivity index (χ0v) is 33.0. The van der Waals surface area contributed by atoms with Crippen LogP contribution in [-0.4, -0.2) is 94.1 Å². The minimum Gasteiger partial charge on any atom is -0.463 e. The van der Waals surface area contributed by atoms with E-state index in [1.54, 1.807) is 13.8 Å². The summed E-state index contributed by atoms with van der Waals surface area (Å²) in [5.41, 5.74) is 1.35. The molecule has 0 spiro atoms. The summed E-state index contributed by atoms with van der Waals surface area (Å²) in [5, 5.41) is 19.8. The Kier molecular flexibility index (Phi) is 21.7. The SMILES string of the molecule is CC.CC.CCCN1C[C@H](C)C[C@@H](O)CCC(=O)C(C)(C)C(=O)OC[C@H]1CCCN1CCc2cccnc2C1.C[C@H]1[C@H](O)O[C@H](C)C[C@@H]1C. The van der Waals surface area contributed by atoms with Gasteiger partial charge in [0.15, 0.2) is 6.29 Å². The number of nitrogens with zero attached hydrogens (tertiary/aromatic N) is 3. The van der Waals surface area contributed by atoms with Gasteiger partial charge in [-0.3, -0.25) is 24.4 Å². The fourth-order valence-electron chi connectivity index (χ4n) is 6.80. The number of ketones is 1. The van der Waals surface area contributed by atoms with Crippen LogP contribution in [0, 0.1) is 23.2 Å². The van der Waals surface area contributed by atoms with Gasteiger partial charge in [0.25, 0.3) is 0 Å². The third-order valence-electron chi connectivity index (χ3n) is 10.1. The predicted molar refractivity (Wildman–Crippen MR) is 199 cm³/mol. The van der Waals surface area contributed by atoms with E-state index in [0.717, 1.165) is 64.8 Å². The van der Waals surface area contributed by atoms with Gasteiger partial charge in [-0.2, -0.15) is 0 Å². The lowest BCUT2D eigenvalue weighted by Gasteiger charge is -2.35. The molecular formula is C40H73N3O6. The number of rotatable bonds is 6. The van der Waals surface area contributed by atoms with Gasteiger partial charge < -0.3 is 19.7 Å². The average molecular weight is 692 g/mol. The van der Waals surface area contributed by atoms with Gasteiger partial charge in [-0.05, 0) is 102 Å². The normalized spacial score (nSPS) is 29.8. The Morgan fingerprint density at radius 1 is 1.00 bits per heavy atom. The first-order chi connectivity index (χ1) is 23.3. The molecule has 4 heterocycles. The molecule has 0 amide bonds. The van der Waals surface area contributed by atoms with Gasteiger partial charge >= 0.3 is 5.97 Å². The second-order valence-corrected chi connectivity index (χ2v) is 14.5. The molecule has 9 heteroatoms. The number of aromatic nitrogens is 1. The van der Waals surface area contributed by atoms with Crippen molar-refractivity contribution in [2.75, 3.05) is 32.8 Å². The number of cyclic esters (lactones) is 1. The van der Waals surface area contributed by atoms with Crippen molar-refractivity contribution in [3.05, 3.63) is 29.6 Å². The Labute approximate surface area is 299 Å². The molecule has 0 aromatic carbocycles. The maximum Gasteiger partial charge on any atom is 0.319 e. The van der Waals surface area contributed by atoms with E-state index in [1.807, 2.05) is 53.8 Å². The molecule has 2 fully saturated rings. The number of Topliss-reactive ketones (excluding diaryl/α,β-unsaturated/α-hetero) is 1. The van der Waals surface area contributed by atoms with Crippen molar-refractivity contribution < 1.29 is 29.3 Å². The van der Waals surface area contributed by atoms with Crippen LogP contribution in [0.1, 0.15) is 132 Å². The zero-order chi connectivity index (χ0) is 37.1. The van der Waals surface area contributed by atoms with Gasteiger partial charge in [-0.1, -0.05) is 61.5 Å². The number of hydrogen-bond donors (Lipinski definition) is 2. The molecule has 284 valence electrons. The smallest absolute Gasteiger partial charge is 0.319 e. The number of fused-ring (bicyclic) bond motifs is 1. The Bertz CT molecular complexity index is 1060. The molecule has 4 rings (SSSR count). The van der Waals surface area contributed by atoms with Crippen LogP contribution in [-0.2, 0) is 32.0 Å². The minimum absolute atomic E-state index is 0.0975. The van der Waals surface area contributed by atoms with Crippen LogP contribution < -0.4 is 0 Å². The van der Waals surface area contributed by atoms with E-state index < -0.39 is 23.8 Å². The molecule has 9 nitrogen and oxygen atoms in total. The number of aliphatic hydroxyl groups excluding tert-OH is 2. The largest absolute Gasteiger partial charge is 0.463 e. The Balaban J connectivity index is 0.000000721. The lowest BCUT2D eigenvalue weighted by Crippen LogP contribution is -2.44. The number of aliphatic hydroxyl groups is 2. The van der Waals surface area contributed by atoms with Gasteiger partial charge in [-0.25, -0.2) is 0 Å². The molecule has 1 aromatic rings. The van der Waals surface area contributed by atoms with Crippen molar-refractivity contribution in [3.63, 3.8) is 0 Å². The van der Waals surface area contributed by atoms with Gasteiger partial charge in [0.2, 0.25) is 0 Å². The van der Waals surface area contributed by atoms with E-state index in [9.17, 15) is 19.8 Å².